The van der Waals surface area contributed by atoms with E-state index in [1.807, 2.05) is 13.0 Å². The van der Waals surface area contributed by atoms with Crippen molar-refractivity contribution in [1.82, 2.24) is 0 Å². The van der Waals surface area contributed by atoms with E-state index in [9.17, 15) is 4.39 Å². The van der Waals surface area contributed by atoms with E-state index in [0.29, 0.717) is 6.42 Å². The molecule has 1 aromatic carbocycles. The zero-order chi connectivity index (χ0) is 14.7. The number of allylic oxidation sites excluding steroid dienone is 1. The van der Waals surface area contributed by atoms with Crippen molar-refractivity contribution < 1.29 is 4.39 Å². The topological polar surface area (TPSA) is 103 Å². The molecule has 0 amide bonds. The van der Waals surface area contributed by atoms with Crippen LogP contribution in [0.4, 0.5) is 4.39 Å². The van der Waals surface area contributed by atoms with Crippen LogP contribution in [-0.4, -0.2) is 18.0 Å². The van der Waals surface area contributed by atoms with Crippen LogP contribution in [0.5, 0.6) is 0 Å². The highest BCUT2D eigenvalue weighted by Crippen LogP contribution is 2.31. The summed E-state index contributed by atoms with van der Waals surface area (Å²) in [5.74, 6) is -0.297. The summed E-state index contributed by atoms with van der Waals surface area (Å²) in [6, 6.07) is 4.77. The Morgan fingerprint density at radius 2 is 2.10 bits per heavy atom. The Kier molecular flexibility index (Phi) is 4.02. The van der Waals surface area contributed by atoms with Gasteiger partial charge >= 0.3 is 0 Å². The largest absolute Gasteiger partial charge is 0.370 e. The van der Waals surface area contributed by atoms with E-state index in [4.69, 9.17) is 17.2 Å². The van der Waals surface area contributed by atoms with E-state index in [1.54, 1.807) is 6.07 Å². The average molecular weight is 275 g/mol. The summed E-state index contributed by atoms with van der Waals surface area (Å²) in [6.45, 7) is 1.91. The third-order valence-corrected chi connectivity index (χ3v) is 3.10. The smallest absolute Gasteiger partial charge is 0.218 e. The van der Waals surface area contributed by atoms with E-state index in [2.05, 4.69) is 16.1 Å². The Balaban J connectivity index is 2.10. The second kappa shape index (κ2) is 5.73. The molecule has 6 heteroatoms. The number of rotatable bonds is 3. The first-order valence-electron chi connectivity index (χ1n) is 6.36. The minimum Gasteiger partial charge on any atom is -0.370 e. The SMILES string of the molecule is CC(CC1=CCc2ccc(F)cc21)N=C(N)N=C(N)N. The average Bonchev–Trinajstić information content (AvgIpc) is 2.70. The molecule has 0 saturated carbocycles. The maximum atomic E-state index is 13.3. The van der Waals surface area contributed by atoms with E-state index in [0.717, 1.165) is 23.1 Å². The molecule has 20 heavy (non-hydrogen) atoms. The van der Waals surface area contributed by atoms with Gasteiger partial charge in [-0.05, 0) is 48.6 Å². The lowest BCUT2D eigenvalue weighted by Gasteiger charge is -2.10. The Bertz CT molecular complexity index is 600. The molecule has 1 unspecified atom stereocenters. The lowest BCUT2D eigenvalue weighted by Crippen LogP contribution is -2.27. The summed E-state index contributed by atoms with van der Waals surface area (Å²) in [6.07, 6.45) is 3.58. The van der Waals surface area contributed by atoms with Crippen molar-refractivity contribution in [3.63, 3.8) is 0 Å². The van der Waals surface area contributed by atoms with Crippen LogP contribution < -0.4 is 17.2 Å². The molecule has 106 valence electrons. The van der Waals surface area contributed by atoms with Gasteiger partial charge in [0.05, 0.1) is 6.04 Å². The number of nitrogens with two attached hydrogens (primary N) is 3. The lowest BCUT2D eigenvalue weighted by molar-refractivity contribution is 0.626. The van der Waals surface area contributed by atoms with Gasteiger partial charge in [0.15, 0.2) is 5.96 Å². The molecule has 1 aliphatic rings. The first-order chi connectivity index (χ1) is 9.45. The molecule has 1 aromatic rings. The van der Waals surface area contributed by atoms with Crippen molar-refractivity contribution in [3.8, 4) is 0 Å². The highest BCUT2D eigenvalue weighted by Gasteiger charge is 2.16. The number of hydrogen-bond acceptors (Lipinski definition) is 1. The molecule has 5 nitrogen and oxygen atoms in total. The minimum absolute atomic E-state index is 0.0514. The molecule has 6 N–H and O–H groups in total. The zero-order valence-corrected chi connectivity index (χ0v) is 11.3. The molecular formula is C14H18FN5. The van der Waals surface area contributed by atoms with Gasteiger partial charge in [-0.25, -0.2) is 9.38 Å². The maximum absolute atomic E-state index is 13.3. The number of hydrogen-bond donors (Lipinski definition) is 3. The van der Waals surface area contributed by atoms with Crippen LogP contribution in [-0.2, 0) is 6.42 Å². The highest BCUT2D eigenvalue weighted by molar-refractivity contribution is 5.92. The number of fused-ring (bicyclic) bond motifs is 1. The quantitative estimate of drug-likeness (QED) is 0.569. The van der Waals surface area contributed by atoms with Crippen molar-refractivity contribution in [2.75, 3.05) is 0 Å². The summed E-state index contributed by atoms with van der Waals surface area (Å²) in [4.78, 5) is 7.86. The molecule has 0 saturated heterocycles. The molecule has 0 radical (unpaired) electrons. The molecule has 0 aromatic heterocycles. The van der Waals surface area contributed by atoms with Crippen LogP contribution in [0.1, 0.15) is 24.5 Å². The first kappa shape index (κ1) is 14.0. The predicted molar refractivity (Wildman–Crippen MR) is 79.6 cm³/mol. The van der Waals surface area contributed by atoms with E-state index >= 15 is 0 Å². The number of guanidine groups is 2. The summed E-state index contributed by atoms with van der Waals surface area (Å²) >= 11 is 0. The molecule has 2 rings (SSSR count). The third kappa shape index (κ3) is 3.34. The molecule has 1 atom stereocenters. The van der Waals surface area contributed by atoms with Crippen LogP contribution in [0.2, 0.25) is 0 Å². The molecule has 1 aliphatic carbocycles. The normalized spacial score (nSPS) is 15.5. The second-order valence-corrected chi connectivity index (χ2v) is 4.81. The summed E-state index contributed by atoms with van der Waals surface area (Å²) in [7, 11) is 0. The molecule has 0 fully saturated rings. The van der Waals surface area contributed by atoms with Crippen molar-refractivity contribution >= 4 is 17.5 Å². The fourth-order valence-corrected chi connectivity index (χ4v) is 2.31. The van der Waals surface area contributed by atoms with Gasteiger partial charge in [0, 0.05) is 0 Å². The van der Waals surface area contributed by atoms with Crippen LogP contribution in [0.15, 0.2) is 34.3 Å². The van der Waals surface area contributed by atoms with Gasteiger partial charge in [-0.15, -0.1) is 0 Å². The summed E-state index contributed by atoms with van der Waals surface area (Å²) in [5, 5.41) is 0. The van der Waals surface area contributed by atoms with Crippen molar-refractivity contribution in [3.05, 3.63) is 41.2 Å². The number of aliphatic imine (C=N–C) groups is 2. The minimum atomic E-state index is -0.229. The van der Waals surface area contributed by atoms with Gasteiger partial charge in [0.25, 0.3) is 0 Å². The Morgan fingerprint density at radius 1 is 1.35 bits per heavy atom. The fourth-order valence-electron chi connectivity index (χ4n) is 2.31. The van der Waals surface area contributed by atoms with Crippen LogP contribution >= 0.6 is 0 Å². The van der Waals surface area contributed by atoms with E-state index in [-0.39, 0.29) is 23.8 Å². The van der Waals surface area contributed by atoms with Crippen LogP contribution in [0.25, 0.3) is 5.57 Å². The van der Waals surface area contributed by atoms with E-state index in [1.165, 1.54) is 6.07 Å². The summed E-state index contributed by atoms with van der Waals surface area (Å²) in [5.41, 5.74) is 19.2. The van der Waals surface area contributed by atoms with Gasteiger partial charge in [0.1, 0.15) is 5.82 Å². The number of halogens is 1. The van der Waals surface area contributed by atoms with Crippen molar-refractivity contribution in [1.29, 1.82) is 0 Å². The van der Waals surface area contributed by atoms with Gasteiger partial charge in [-0.3, -0.25) is 0 Å². The number of benzene rings is 1. The molecule has 0 aliphatic heterocycles. The van der Waals surface area contributed by atoms with Crippen LogP contribution in [0, 0.1) is 5.82 Å². The molecule has 0 spiro atoms. The van der Waals surface area contributed by atoms with Gasteiger partial charge < -0.3 is 17.2 Å². The zero-order valence-electron chi connectivity index (χ0n) is 11.3. The fraction of sp³-hybridized carbons (Fsp3) is 0.286. The van der Waals surface area contributed by atoms with Gasteiger partial charge in [-0.1, -0.05) is 12.1 Å². The van der Waals surface area contributed by atoms with E-state index < -0.39 is 0 Å². The third-order valence-electron chi connectivity index (χ3n) is 3.10. The molecular weight excluding hydrogens is 257 g/mol. The molecule has 0 bridgehead atoms. The first-order valence-corrected chi connectivity index (χ1v) is 6.36. The monoisotopic (exact) mass is 275 g/mol. The standard InChI is InChI=1S/C14H18FN5/c1-8(19-14(18)20-13(16)17)6-10-3-2-9-4-5-11(15)7-12(9)10/h3-5,7-8H,2,6H2,1H3,(H6,16,17,18,19,20). The Hall–Kier alpha value is -2.37. The highest BCUT2D eigenvalue weighted by atomic mass is 19.1. The Morgan fingerprint density at radius 3 is 2.80 bits per heavy atom. The lowest BCUT2D eigenvalue weighted by atomic mass is 10.0. The van der Waals surface area contributed by atoms with Crippen molar-refractivity contribution in [2.24, 2.45) is 27.2 Å². The predicted octanol–water partition coefficient (Wildman–Crippen LogP) is 1.13. The van der Waals surface area contributed by atoms with Gasteiger partial charge in [-0.2, -0.15) is 4.99 Å². The number of nitrogens with zero attached hydrogens (tertiary/aromatic N) is 2. The maximum Gasteiger partial charge on any atom is 0.218 e. The van der Waals surface area contributed by atoms with Gasteiger partial charge in [0.2, 0.25) is 5.96 Å². The Labute approximate surface area is 117 Å². The van der Waals surface area contributed by atoms with Crippen molar-refractivity contribution in [2.45, 2.75) is 25.8 Å². The molecule has 0 heterocycles. The van der Waals surface area contributed by atoms with Crippen LogP contribution in [0.3, 0.4) is 0 Å². The second-order valence-electron chi connectivity index (χ2n) is 4.81. The summed E-state index contributed by atoms with van der Waals surface area (Å²) < 4.78 is 13.3.